The molecule has 0 amide bonds. The summed E-state index contributed by atoms with van der Waals surface area (Å²) in [7, 11) is 3.31. The summed E-state index contributed by atoms with van der Waals surface area (Å²) in [5.41, 5.74) is 6.76. The first-order valence-electron chi connectivity index (χ1n) is 5.12. The van der Waals surface area contributed by atoms with Crippen molar-refractivity contribution in [2.45, 2.75) is 13.3 Å². The van der Waals surface area contributed by atoms with Gasteiger partial charge in [-0.15, -0.1) is 0 Å². The highest BCUT2D eigenvalue weighted by atomic mass is 16.5. The molecule has 1 aromatic carbocycles. The fourth-order valence-corrected chi connectivity index (χ4v) is 1.57. The van der Waals surface area contributed by atoms with Crippen LogP contribution in [0.15, 0.2) is 18.2 Å². The molecule has 15 heavy (non-hydrogen) atoms. The topological polar surface area (TPSA) is 44.5 Å². The second-order valence-electron chi connectivity index (χ2n) is 3.70. The van der Waals surface area contributed by atoms with Gasteiger partial charge in [0.2, 0.25) is 0 Å². The molecule has 0 saturated heterocycles. The molecule has 0 aromatic heterocycles. The van der Waals surface area contributed by atoms with Crippen molar-refractivity contribution in [3.05, 3.63) is 23.8 Å². The number of hydrogen-bond donors (Lipinski definition) is 1. The van der Waals surface area contributed by atoms with Crippen LogP contribution in [0.4, 0.5) is 0 Å². The van der Waals surface area contributed by atoms with Gasteiger partial charge in [-0.05, 0) is 30.5 Å². The number of methoxy groups -OCH3 is 2. The van der Waals surface area contributed by atoms with Crippen molar-refractivity contribution in [2.24, 2.45) is 11.7 Å². The third-order valence-corrected chi connectivity index (χ3v) is 2.46. The van der Waals surface area contributed by atoms with Crippen molar-refractivity contribution < 1.29 is 9.47 Å². The molecule has 0 radical (unpaired) electrons. The van der Waals surface area contributed by atoms with E-state index in [1.165, 1.54) is 0 Å². The van der Waals surface area contributed by atoms with E-state index in [1.807, 2.05) is 18.2 Å². The van der Waals surface area contributed by atoms with E-state index < -0.39 is 0 Å². The molecule has 0 bridgehead atoms. The predicted octanol–water partition coefficient (Wildman–Crippen LogP) is 1.84. The monoisotopic (exact) mass is 209 g/mol. The van der Waals surface area contributed by atoms with Crippen molar-refractivity contribution in [1.29, 1.82) is 0 Å². The average Bonchev–Trinajstić information content (AvgIpc) is 2.28. The van der Waals surface area contributed by atoms with Crippen molar-refractivity contribution >= 4 is 0 Å². The third-order valence-electron chi connectivity index (χ3n) is 2.46. The maximum atomic E-state index is 5.61. The first-order valence-corrected chi connectivity index (χ1v) is 5.12. The van der Waals surface area contributed by atoms with Crippen LogP contribution in [0.1, 0.15) is 12.5 Å². The van der Waals surface area contributed by atoms with E-state index in [0.29, 0.717) is 12.5 Å². The summed E-state index contributed by atoms with van der Waals surface area (Å²) in [6.45, 7) is 2.80. The lowest BCUT2D eigenvalue weighted by atomic mass is 10.0. The van der Waals surface area contributed by atoms with E-state index in [2.05, 4.69) is 6.92 Å². The van der Waals surface area contributed by atoms with Crippen LogP contribution in [0.25, 0.3) is 0 Å². The van der Waals surface area contributed by atoms with E-state index in [9.17, 15) is 0 Å². The largest absolute Gasteiger partial charge is 0.493 e. The van der Waals surface area contributed by atoms with Crippen LogP contribution in [-0.2, 0) is 6.42 Å². The second kappa shape index (κ2) is 5.61. The Labute approximate surface area is 91.2 Å². The van der Waals surface area contributed by atoms with Crippen LogP contribution < -0.4 is 15.2 Å². The van der Waals surface area contributed by atoms with E-state index in [0.717, 1.165) is 23.5 Å². The van der Waals surface area contributed by atoms with Crippen LogP contribution >= 0.6 is 0 Å². The number of hydrogen-bond acceptors (Lipinski definition) is 3. The lowest BCUT2D eigenvalue weighted by Gasteiger charge is -2.14. The first-order chi connectivity index (χ1) is 7.22. The Morgan fingerprint density at radius 3 is 2.53 bits per heavy atom. The maximum Gasteiger partial charge on any atom is 0.163 e. The highest BCUT2D eigenvalue weighted by molar-refractivity contribution is 5.46. The predicted molar refractivity (Wildman–Crippen MR) is 61.5 cm³/mol. The van der Waals surface area contributed by atoms with E-state index in [4.69, 9.17) is 15.2 Å². The Balaban J connectivity index is 2.95. The molecular formula is C12H19NO2. The summed E-state index contributed by atoms with van der Waals surface area (Å²) in [5.74, 6) is 2.05. The summed E-state index contributed by atoms with van der Waals surface area (Å²) >= 11 is 0. The van der Waals surface area contributed by atoms with Crippen molar-refractivity contribution in [2.75, 3.05) is 20.8 Å². The normalized spacial score (nSPS) is 12.3. The Morgan fingerprint density at radius 2 is 2.00 bits per heavy atom. The molecule has 0 saturated carbocycles. The first kappa shape index (κ1) is 11.9. The van der Waals surface area contributed by atoms with Gasteiger partial charge in [0.1, 0.15) is 0 Å². The zero-order valence-corrected chi connectivity index (χ0v) is 9.62. The van der Waals surface area contributed by atoms with Gasteiger partial charge < -0.3 is 15.2 Å². The molecule has 0 aliphatic rings. The van der Waals surface area contributed by atoms with Gasteiger partial charge in [0.15, 0.2) is 11.5 Å². The minimum absolute atomic E-state index is 0.450. The smallest absolute Gasteiger partial charge is 0.163 e. The number of rotatable bonds is 5. The number of benzene rings is 1. The van der Waals surface area contributed by atoms with Crippen LogP contribution in [0.2, 0.25) is 0 Å². The number of nitrogens with two attached hydrogens (primary N) is 1. The molecule has 0 aliphatic carbocycles. The molecule has 1 atom stereocenters. The molecule has 0 spiro atoms. The van der Waals surface area contributed by atoms with Gasteiger partial charge in [-0.25, -0.2) is 0 Å². The molecule has 0 aliphatic heterocycles. The zero-order valence-electron chi connectivity index (χ0n) is 9.62. The van der Waals surface area contributed by atoms with Crippen LogP contribution in [0, 0.1) is 5.92 Å². The molecule has 1 rings (SSSR count). The Hall–Kier alpha value is -1.22. The molecule has 0 fully saturated rings. The summed E-state index contributed by atoms with van der Waals surface area (Å²) in [5, 5.41) is 0. The molecule has 3 heteroatoms. The Kier molecular flexibility index (Phi) is 4.43. The zero-order chi connectivity index (χ0) is 11.3. The molecule has 0 unspecified atom stereocenters. The maximum absolute atomic E-state index is 5.61. The number of ether oxygens (including phenoxy) is 2. The molecular weight excluding hydrogens is 190 g/mol. The van der Waals surface area contributed by atoms with Gasteiger partial charge in [-0.3, -0.25) is 0 Å². The van der Waals surface area contributed by atoms with Crippen molar-refractivity contribution in [1.82, 2.24) is 0 Å². The molecule has 3 nitrogen and oxygen atoms in total. The SMILES string of the molecule is COc1cccc(C[C@H](C)CN)c1OC. The lowest BCUT2D eigenvalue weighted by molar-refractivity contribution is 0.350. The average molecular weight is 209 g/mol. The number of para-hydroxylation sites is 1. The third kappa shape index (κ3) is 2.86. The second-order valence-corrected chi connectivity index (χ2v) is 3.70. The minimum atomic E-state index is 0.450. The van der Waals surface area contributed by atoms with E-state index >= 15 is 0 Å². The summed E-state index contributed by atoms with van der Waals surface area (Å²) in [4.78, 5) is 0. The summed E-state index contributed by atoms with van der Waals surface area (Å²) in [6.07, 6.45) is 0.914. The van der Waals surface area contributed by atoms with Crippen molar-refractivity contribution in [3.8, 4) is 11.5 Å². The Bertz CT molecular complexity index is 312. The van der Waals surface area contributed by atoms with Gasteiger partial charge >= 0.3 is 0 Å². The van der Waals surface area contributed by atoms with Crippen LogP contribution in [0.3, 0.4) is 0 Å². The minimum Gasteiger partial charge on any atom is -0.493 e. The van der Waals surface area contributed by atoms with Gasteiger partial charge in [0.05, 0.1) is 14.2 Å². The standard InChI is InChI=1S/C12H19NO2/c1-9(8-13)7-10-5-4-6-11(14-2)12(10)15-3/h4-6,9H,7-8,13H2,1-3H3/t9-/m0/s1. The summed E-state index contributed by atoms with van der Waals surface area (Å²) in [6, 6.07) is 5.92. The van der Waals surface area contributed by atoms with Gasteiger partial charge in [-0.1, -0.05) is 19.1 Å². The van der Waals surface area contributed by atoms with Crippen molar-refractivity contribution in [3.63, 3.8) is 0 Å². The molecule has 1 aromatic rings. The fraction of sp³-hybridized carbons (Fsp3) is 0.500. The van der Waals surface area contributed by atoms with E-state index in [1.54, 1.807) is 14.2 Å². The highest BCUT2D eigenvalue weighted by Crippen LogP contribution is 2.31. The lowest BCUT2D eigenvalue weighted by Crippen LogP contribution is -2.13. The van der Waals surface area contributed by atoms with Crippen LogP contribution in [0.5, 0.6) is 11.5 Å². The van der Waals surface area contributed by atoms with Gasteiger partial charge in [0, 0.05) is 0 Å². The highest BCUT2D eigenvalue weighted by Gasteiger charge is 2.11. The molecule has 2 N–H and O–H groups in total. The fourth-order valence-electron chi connectivity index (χ4n) is 1.57. The van der Waals surface area contributed by atoms with Gasteiger partial charge in [0.25, 0.3) is 0 Å². The van der Waals surface area contributed by atoms with Crippen LogP contribution in [-0.4, -0.2) is 20.8 Å². The Morgan fingerprint density at radius 1 is 1.27 bits per heavy atom. The quantitative estimate of drug-likeness (QED) is 0.804. The molecule has 84 valence electrons. The molecule has 0 heterocycles. The van der Waals surface area contributed by atoms with Gasteiger partial charge in [-0.2, -0.15) is 0 Å². The van der Waals surface area contributed by atoms with E-state index in [-0.39, 0.29) is 0 Å². The summed E-state index contributed by atoms with van der Waals surface area (Å²) < 4.78 is 10.6.